The van der Waals surface area contributed by atoms with Gasteiger partial charge in [0.25, 0.3) is 0 Å². The molecule has 0 N–H and O–H groups in total. The van der Waals surface area contributed by atoms with E-state index >= 15 is 0 Å². The van der Waals surface area contributed by atoms with Crippen molar-refractivity contribution in [1.29, 1.82) is 0 Å². The number of rotatable bonds is 0. The van der Waals surface area contributed by atoms with Crippen LogP contribution in [0.2, 0.25) is 0 Å². The standard InChI is InChI=1S/BF3.5ClH/c2-1(3)4;;;;;/h;5*1H. The molecule has 0 saturated carbocycles. The summed E-state index contributed by atoms with van der Waals surface area (Å²) in [7, 11) is -3.67. The molecule has 0 saturated heterocycles. The van der Waals surface area contributed by atoms with Crippen molar-refractivity contribution in [1.82, 2.24) is 0 Å². The maximum atomic E-state index is 9.67. The maximum absolute atomic E-state index is 9.67. The number of hydrogen-bond acceptors (Lipinski definition) is 0. The Labute approximate surface area is 82.6 Å². The monoisotopic (exact) mass is 248 g/mol. The fourth-order valence-electron chi connectivity index (χ4n) is 0. The van der Waals surface area contributed by atoms with Gasteiger partial charge in [-0.3, -0.25) is 12.9 Å². The Morgan fingerprint density at radius 2 is 0.556 bits per heavy atom. The van der Waals surface area contributed by atoms with E-state index in [-0.39, 0.29) is 62.0 Å². The molecular formula is H5BCl5F3. The van der Waals surface area contributed by atoms with E-state index in [1.807, 2.05) is 0 Å². The van der Waals surface area contributed by atoms with Crippen molar-refractivity contribution >= 4 is 69.6 Å². The van der Waals surface area contributed by atoms with Gasteiger partial charge in [0.2, 0.25) is 0 Å². The Balaban J connectivity index is -0.00000000450. The second-order valence-corrected chi connectivity index (χ2v) is 0.247. The summed E-state index contributed by atoms with van der Waals surface area (Å²) in [5.74, 6) is 0. The molecule has 0 spiro atoms. The molecule has 0 fully saturated rings. The molecule has 0 unspecified atom stereocenters. The van der Waals surface area contributed by atoms with E-state index in [0.29, 0.717) is 0 Å². The zero-order valence-electron chi connectivity index (χ0n) is 3.75. The summed E-state index contributed by atoms with van der Waals surface area (Å²) >= 11 is 0. The highest BCUT2D eigenvalue weighted by atomic mass is 35.5. The highest BCUT2D eigenvalue weighted by molar-refractivity contribution is 6.33. The predicted molar refractivity (Wildman–Crippen MR) is 45.3 cm³/mol. The third kappa shape index (κ3) is 292. The van der Waals surface area contributed by atoms with Crippen LogP contribution in [-0.2, 0) is 0 Å². The molecular weight excluding hydrogens is 245 g/mol. The third-order valence-electron chi connectivity index (χ3n) is 0. The van der Waals surface area contributed by atoms with E-state index in [1.165, 1.54) is 0 Å². The van der Waals surface area contributed by atoms with E-state index in [9.17, 15) is 12.9 Å². The first-order valence-electron chi connectivity index (χ1n) is 0.655. The Morgan fingerprint density at radius 3 is 0.556 bits per heavy atom. The zero-order valence-corrected chi connectivity index (χ0v) is 7.83. The zero-order chi connectivity index (χ0) is 3.58. The normalized spacial score (nSPS) is 3.00. The summed E-state index contributed by atoms with van der Waals surface area (Å²) in [4.78, 5) is 0. The van der Waals surface area contributed by atoms with Crippen molar-refractivity contribution in [3.05, 3.63) is 0 Å². The lowest BCUT2D eigenvalue weighted by atomic mass is 10.5. The second kappa shape index (κ2) is 34.6. The van der Waals surface area contributed by atoms with Crippen LogP contribution in [-0.4, -0.2) is 7.54 Å². The highest BCUT2D eigenvalue weighted by Crippen LogP contribution is 1.80. The Kier molecular flexibility index (Phi) is 185. The molecule has 0 aromatic rings. The van der Waals surface area contributed by atoms with Gasteiger partial charge in [-0.1, -0.05) is 0 Å². The first kappa shape index (κ1) is 48.1. The summed E-state index contributed by atoms with van der Waals surface area (Å²) in [5.41, 5.74) is 0. The third-order valence-corrected chi connectivity index (χ3v) is 0. The molecule has 0 nitrogen and oxygen atoms in total. The average molecular weight is 250 g/mol. The van der Waals surface area contributed by atoms with E-state index in [4.69, 9.17) is 0 Å². The van der Waals surface area contributed by atoms with Crippen LogP contribution in [0.3, 0.4) is 0 Å². The van der Waals surface area contributed by atoms with Crippen molar-refractivity contribution in [2.75, 3.05) is 0 Å². The molecule has 0 heterocycles. The summed E-state index contributed by atoms with van der Waals surface area (Å²) in [6, 6.07) is 0. The number of hydrogen-bond donors (Lipinski definition) is 0. The van der Waals surface area contributed by atoms with Gasteiger partial charge >= 0.3 is 7.54 Å². The van der Waals surface area contributed by atoms with Crippen LogP contribution in [0.25, 0.3) is 0 Å². The Hall–Kier alpha value is 1.30. The topological polar surface area (TPSA) is 0 Å². The van der Waals surface area contributed by atoms with Gasteiger partial charge in [0.05, 0.1) is 0 Å². The minimum Gasteiger partial charge on any atom is -0.254 e. The SMILES string of the molecule is Cl.Cl.Cl.Cl.Cl.FB(F)F. The molecule has 0 aliphatic rings. The van der Waals surface area contributed by atoms with Gasteiger partial charge < -0.3 is 0 Å². The van der Waals surface area contributed by atoms with E-state index in [0.717, 1.165) is 0 Å². The van der Waals surface area contributed by atoms with Crippen LogP contribution in [0.4, 0.5) is 12.9 Å². The maximum Gasteiger partial charge on any atom is 0.762 e. The van der Waals surface area contributed by atoms with E-state index in [2.05, 4.69) is 0 Å². The molecule has 0 rings (SSSR count). The predicted octanol–water partition coefficient (Wildman–Crippen LogP) is 2.99. The molecule has 0 atom stereocenters. The first-order chi connectivity index (χ1) is 1.73. The lowest BCUT2D eigenvalue weighted by Crippen LogP contribution is -1.76. The summed E-state index contributed by atoms with van der Waals surface area (Å²) < 4.78 is 29.0. The Bertz CT molecular complexity index is 16.9. The minimum absolute atomic E-state index is 0. The molecule has 0 amide bonds. The van der Waals surface area contributed by atoms with Gasteiger partial charge in [-0.25, -0.2) is 0 Å². The minimum atomic E-state index is -3.67. The van der Waals surface area contributed by atoms with Crippen LogP contribution < -0.4 is 0 Å². The van der Waals surface area contributed by atoms with E-state index in [1.54, 1.807) is 0 Å². The lowest BCUT2D eigenvalue weighted by molar-refractivity contribution is 0.535. The second-order valence-electron chi connectivity index (χ2n) is 0.247. The molecule has 0 aliphatic heterocycles. The highest BCUT2D eigenvalue weighted by Gasteiger charge is 2.06. The summed E-state index contributed by atoms with van der Waals surface area (Å²) in [5, 5.41) is 0. The van der Waals surface area contributed by atoms with Crippen molar-refractivity contribution in [2.24, 2.45) is 0 Å². The fourth-order valence-corrected chi connectivity index (χ4v) is 0. The number of halogens is 8. The summed E-state index contributed by atoms with van der Waals surface area (Å²) in [6.45, 7) is 0. The van der Waals surface area contributed by atoms with Crippen LogP contribution in [0.15, 0.2) is 0 Å². The van der Waals surface area contributed by atoms with Gasteiger partial charge in [0.15, 0.2) is 0 Å². The Morgan fingerprint density at radius 1 is 0.556 bits per heavy atom. The summed E-state index contributed by atoms with van der Waals surface area (Å²) in [6.07, 6.45) is 0. The van der Waals surface area contributed by atoms with Crippen molar-refractivity contribution in [2.45, 2.75) is 0 Å². The molecule has 9 heavy (non-hydrogen) atoms. The molecule has 0 radical (unpaired) electrons. The first-order valence-corrected chi connectivity index (χ1v) is 0.655. The van der Waals surface area contributed by atoms with Gasteiger partial charge in [-0.15, -0.1) is 62.0 Å². The van der Waals surface area contributed by atoms with Gasteiger partial charge in [-0.05, 0) is 0 Å². The largest absolute Gasteiger partial charge is 0.762 e. The van der Waals surface area contributed by atoms with Crippen LogP contribution in [0, 0.1) is 0 Å². The lowest BCUT2D eigenvalue weighted by Gasteiger charge is -1.55. The van der Waals surface area contributed by atoms with Gasteiger partial charge in [0, 0.05) is 0 Å². The molecule has 64 valence electrons. The van der Waals surface area contributed by atoms with Crippen molar-refractivity contribution < 1.29 is 12.9 Å². The molecule has 0 aromatic heterocycles. The smallest absolute Gasteiger partial charge is 0.254 e. The average Bonchev–Trinajstić information content (AvgIpc) is 0.811. The van der Waals surface area contributed by atoms with E-state index < -0.39 is 7.54 Å². The molecule has 9 heteroatoms. The van der Waals surface area contributed by atoms with Crippen LogP contribution >= 0.6 is 62.0 Å². The van der Waals surface area contributed by atoms with Gasteiger partial charge in [-0.2, -0.15) is 0 Å². The van der Waals surface area contributed by atoms with Gasteiger partial charge in [0.1, 0.15) is 0 Å². The van der Waals surface area contributed by atoms with Crippen molar-refractivity contribution in [3.63, 3.8) is 0 Å². The molecule has 0 aromatic carbocycles. The van der Waals surface area contributed by atoms with Crippen LogP contribution in [0.1, 0.15) is 0 Å². The van der Waals surface area contributed by atoms with Crippen LogP contribution in [0.5, 0.6) is 0 Å². The van der Waals surface area contributed by atoms with Crippen molar-refractivity contribution in [3.8, 4) is 0 Å². The molecule has 0 bridgehead atoms. The fraction of sp³-hybridized carbons (Fsp3) is 0. The molecule has 0 aliphatic carbocycles. The quantitative estimate of drug-likeness (QED) is 0.580.